The van der Waals surface area contributed by atoms with Gasteiger partial charge in [0.2, 0.25) is 0 Å². The molecule has 1 amide bonds. The number of hydrogen-bond donors (Lipinski definition) is 1. The molecule has 0 aliphatic rings. The summed E-state index contributed by atoms with van der Waals surface area (Å²) in [5, 5.41) is 12.4. The van der Waals surface area contributed by atoms with Crippen molar-refractivity contribution in [2.24, 2.45) is 0 Å². The van der Waals surface area contributed by atoms with E-state index in [1.54, 1.807) is 30.3 Å². The van der Waals surface area contributed by atoms with Gasteiger partial charge in [-0.05, 0) is 19.4 Å². The number of nitrogens with zero attached hydrogens (tertiary/aromatic N) is 2. The number of halogens is 1. The molecule has 4 nitrogen and oxygen atoms in total. The summed E-state index contributed by atoms with van der Waals surface area (Å²) in [5.41, 5.74) is 1.23. The van der Waals surface area contributed by atoms with E-state index in [4.69, 9.17) is 11.6 Å². The van der Waals surface area contributed by atoms with Crippen molar-refractivity contribution < 1.29 is 9.90 Å². The number of amides is 1. The number of carbonyl (C=O) groups excluding carboxylic acids is 1. The van der Waals surface area contributed by atoms with Crippen molar-refractivity contribution in [3.05, 3.63) is 40.4 Å². The number of aromatic nitrogens is 1. The van der Waals surface area contributed by atoms with Crippen LogP contribution in [0.2, 0.25) is 5.02 Å². The lowest BCUT2D eigenvalue weighted by Crippen LogP contribution is -2.29. The lowest BCUT2D eigenvalue weighted by Gasteiger charge is -2.16. The van der Waals surface area contributed by atoms with E-state index in [0.717, 1.165) is 10.6 Å². The Labute approximate surface area is 133 Å². The third-order valence-corrected chi connectivity index (χ3v) is 4.26. The fourth-order valence-corrected chi connectivity index (χ4v) is 2.92. The van der Waals surface area contributed by atoms with E-state index < -0.39 is 6.10 Å². The normalized spacial score (nSPS) is 12.2. The first kappa shape index (κ1) is 15.9. The van der Waals surface area contributed by atoms with Crippen molar-refractivity contribution in [3.8, 4) is 10.6 Å². The minimum Gasteiger partial charge on any atom is -0.393 e. The van der Waals surface area contributed by atoms with E-state index in [2.05, 4.69) is 4.98 Å². The highest BCUT2D eigenvalue weighted by molar-refractivity contribution is 7.13. The van der Waals surface area contributed by atoms with Gasteiger partial charge in [-0.2, -0.15) is 0 Å². The number of hydrogen-bond acceptors (Lipinski definition) is 4. The van der Waals surface area contributed by atoms with Gasteiger partial charge in [-0.15, -0.1) is 11.3 Å². The number of benzene rings is 1. The average molecular weight is 325 g/mol. The first-order valence-electron chi connectivity index (χ1n) is 6.63. The molecule has 0 saturated carbocycles. The molecule has 0 radical (unpaired) electrons. The van der Waals surface area contributed by atoms with Gasteiger partial charge in [-0.3, -0.25) is 4.79 Å². The molecule has 2 aromatic rings. The Balaban J connectivity index is 2.13. The van der Waals surface area contributed by atoms with E-state index in [1.165, 1.54) is 11.3 Å². The Morgan fingerprint density at radius 2 is 2.19 bits per heavy atom. The highest BCUT2D eigenvalue weighted by Crippen LogP contribution is 2.30. The van der Waals surface area contributed by atoms with Gasteiger partial charge in [0, 0.05) is 24.5 Å². The second kappa shape index (κ2) is 7.02. The number of aliphatic hydroxyl groups is 1. The molecule has 6 heteroatoms. The molecule has 0 spiro atoms. The fourth-order valence-electron chi connectivity index (χ4n) is 1.81. The molecule has 1 aromatic heterocycles. The van der Waals surface area contributed by atoms with E-state index in [9.17, 15) is 9.90 Å². The Morgan fingerprint density at radius 1 is 1.48 bits per heavy atom. The van der Waals surface area contributed by atoms with Crippen LogP contribution in [0.3, 0.4) is 0 Å². The lowest BCUT2D eigenvalue weighted by atomic mass is 10.2. The summed E-state index contributed by atoms with van der Waals surface area (Å²) in [4.78, 5) is 18.2. The monoisotopic (exact) mass is 324 g/mol. The molecule has 0 saturated heterocycles. The smallest absolute Gasteiger partial charge is 0.273 e. The van der Waals surface area contributed by atoms with Crippen LogP contribution in [0.4, 0.5) is 0 Å². The molecular weight excluding hydrogens is 308 g/mol. The van der Waals surface area contributed by atoms with Crippen LogP contribution in [-0.4, -0.2) is 40.6 Å². The molecule has 0 bridgehead atoms. The molecule has 21 heavy (non-hydrogen) atoms. The summed E-state index contributed by atoms with van der Waals surface area (Å²) in [6, 6.07) is 7.43. The summed E-state index contributed by atoms with van der Waals surface area (Å²) in [6.07, 6.45) is 0.124. The first-order valence-corrected chi connectivity index (χ1v) is 7.88. The van der Waals surface area contributed by atoms with Crippen LogP contribution in [0, 0.1) is 0 Å². The van der Waals surface area contributed by atoms with Crippen LogP contribution in [0.25, 0.3) is 10.6 Å². The number of carbonyl (C=O) groups is 1. The summed E-state index contributed by atoms with van der Waals surface area (Å²) >= 11 is 7.53. The standard InChI is InChI=1S/C15H17ClN2O2S/c1-10(19)7-8-18(2)15(20)13-9-21-14(17-13)11-5-3-4-6-12(11)16/h3-6,9-10,19H,7-8H2,1-2H3. The second-order valence-electron chi connectivity index (χ2n) is 4.88. The van der Waals surface area contributed by atoms with Gasteiger partial charge >= 0.3 is 0 Å². The van der Waals surface area contributed by atoms with Crippen molar-refractivity contribution in [3.63, 3.8) is 0 Å². The van der Waals surface area contributed by atoms with Crippen molar-refractivity contribution in [2.45, 2.75) is 19.4 Å². The van der Waals surface area contributed by atoms with Crippen molar-refractivity contribution in [2.75, 3.05) is 13.6 Å². The van der Waals surface area contributed by atoms with Crippen LogP contribution in [-0.2, 0) is 0 Å². The predicted octanol–water partition coefficient (Wildman–Crippen LogP) is 3.31. The van der Waals surface area contributed by atoms with Crippen LogP contribution >= 0.6 is 22.9 Å². The quantitative estimate of drug-likeness (QED) is 0.918. The SMILES string of the molecule is CC(O)CCN(C)C(=O)c1csc(-c2ccccc2Cl)n1. The fraction of sp³-hybridized carbons (Fsp3) is 0.333. The zero-order chi connectivity index (χ0) is 15.4. The van der Waals surface area contributed by atoms with E-state index in [-0.39, 0.29) is 5.91 Å². The minimum atomic E-state index is -0.422. The van der Waals surface area contributed by atoms with Gasteiger partial charge < -0.3 is 10.0 Å². The summed E-state index contributed by atoms with van der Waals surface area (Å²) in [7, 11) is 1.71. The van der Waals surface area contributed by atoms with Gasteiger partial charge in [-0.25, -0.2) is 4.98 Å². The van der Waals surface area contributed by atoms with Crippen LogP contribution < -0.4 is 0 Å². The average Bonchev–Trinajstić information content (AvgIpc) is 2.94. The molecule has 1 atom stereocenters. The highest BCUT2D eigenvalue weighted by atomic mass is 35.5. The topological polar surface area (TPSA) is 53.4 Å². The number of thiazole rings is 1. The largest absolute Gasteiger partial charge is 0.393 e. The van der Waals surface area contributed by atoms with Crippen LogP contribution in [0.1, 0.15) is 23.8 Å². The van der Waals surface area contributed by atoms with Crippen molar-refractivity contribution >= 4 is 28.8 Å². The lowest BCUT2D eigenvalue weighted by molar-refractivity contribution is 0.0764. The molecule has 1 unspecified atom stereocenters. The van der Waals surface area contributed by atoms with E-state index in [1.807, 2.05) is 18.2 Å². The molecule has 1 heterocycles. The van der Waals surface area contributed by atoms with Crippen LogP contribution in [0.5, 0.6) is 0 Å². The zero-order valence-corrected chi connectivity index (χ0v) is 13.5. The minimum absolute atomic E-state index is 0.148. The number of rotatable bonds is 5. The molecule has 0 aliphatic heterocycles. The molecular formula is C15H17ClN2O2S. The summed E-state index contributed by atoms with van der Waals surface area (Å²) in [6.45, 7) is 2.20. The Kier molecular flexibility index (Phi) is 5.33. The van der Waals surface area contributed by atoms with E-state index in [0.29, 0.717) is 23.7 Å². The predicted molar refractivity (Wildman–Crippen MR) is 85.8 cm³/mol. The van der Waals surface area contributed by atoms with Crippen molar-refractivity contribution in [1.29, 1.82) is 0 Å². The third-order valence-electron chi connectivity index (χ3n) is 3.06. The van der Waals surface area contributed by atoms with Gasteiger partial charge in [0.25, 0.3) is 5.91 Å². The number of aliphatic hydroxyl groups excluding tert-OH is 1. The Hall–Kier alpha value is -1.43. The first-order chi connectivity index (χ1) is 9.99. The van der Waals surface area contributed by atoms with E-state index >= 15 is 0 Å². The maximum absolute atomic E-state index is 12.2. The summed E-state index contributed by atoms with van der Waals surface area (Å²) < 4.78 is 0. The third kappa shape index (κ3) is 4.03. The Bertz CT molecular complexity index is 628. The molecule has 2 rings (SSSR count). The molecule has 0 fully saturated rings. The highest BCUT2D eigenvalue weighted by Gasteiger charge is 2.17. The van der Waals surface area contributed by atoms with Gasteiger partial charge in [0.1, 0.15) is 10.7 Å². The van der Waals surface area contributed by atoms with Crippen molar-refractivity contribution in [1.82, 2.24) is 9.88 Å². The molecule has 1 aromatic carbocycles. The van der Waals surface area contributed by atoms with Crippen LogP contribution in [0.15, 0.2) is 29.6 Å². The zero-order valence-electron chi connectivity index (χ0n) is 11.9. The molecule has 0 aliphatic carbocycles. The maximum atomic E-state index is 12.2. The molecule has 1 N–H and O–H groups in total. The maximum Gasteiger partial charge on any atom is 0.273 e. The van der Waals surface area contributed by atoms with Gasteiger partial charge in [0.15, 0.2) is 0 Å². The second-order valence-corrected chi connectivity index (χ2v) is 6.15. The van der Waals surface area contributed by atoms with Gasteiger partial charge in [-0.1, -0.05) is 29.8 Å². The Morgan fingerprint density at radius 3 is 2.86 bits per heavy atom. The summed E-state index contributed by atoms with van der Waals surface area (Å²) in [5.74, 6) is -0.148. The van der Waals surface area contributed by atoms with Gasteiger partial charge in [0.05, 0.1) is 11.1 Å². The molecule has 112 valence electrons.